The van der Waals surface area contributed by atoms with Crippen molar-refractivity contribution in [2.24, 2.45) is 0 Å². The lowest BCUT2D eigenvalue weighted by molar-refractivity contribution is 0.0695. The maximum Gasteiger partial charge on any atom is 0.336 e. The molecule has 1 N–H and O–H groups in total. The molecule has 1 heterocycles. The summed E-state index contributed by atoms with van der Waals surface area (Å²) in [6, 6.07) is 7.58. The molecule has 3 nitrogen and oxygen atoms in total. The first kappa shape index (κ1) is 14.1. The number of aromatic carboxylic acids is 1. The minimum absolute atomic E-state index is 0.340. The third kappa shape index (κ3) is 3.24. The molecule has 108 valence electrons. The van der Waals surface area contributed by atoms with Gasteiger partial charge in [0.25, 0.3) is 0 Å². The number of carboxylic acids is 1. The Hall–Kier alpha value is -1.87. The predicted octanol–water partition coefficient (Wildman–Crippen LogP) is 4.10. The fourth-order valence-corrected chi connectivity index (χ4v) is 2.85. The molecule has 4 heteroatoms. The van der Waals surface area contributed by atoms with Crippen LogP contribution in [0.5, 0.6) is 0 Å². The number of hydrogen-bond acceptors (Lipinski definition) is 2. The quantitative estimate of drug-likeness (QED) is 0.904. The van der Waals surface area contributed by atoms with Crippen LogP contribution in [0.4, 0.5) is 0 Å². The first-order chi connectivity index (χ1) is 10.1. The summed E-state index contributed by atoms with van der Waals surface area (Å²) in [6.45, 7) is 0. The average Bonchev–Trinajstić information content (AvgIpc) is 3.30. The van der Waals surface area contributed by atoms with Gasteiger partial charge in [-0.15, -0.1) is 0 Å². The lowest BCUT2D eigenvalue weighted by atomic mass is 9.96. The molecule has 0 saturated heterocycles. The van der Waals surface area contributed by atoms with Gasteiger partial charge in [0.2, 0.25) is 0 Å². The molecule has 0 atom stereocenters. The molecule has 2 aromatic rings. The molecule has 1 aromatic carbocycles. The van der Waals surface area contributed by atoms with Crippen LogP contribution in [0.1, 0.15) is 45.8 Å². The Labute approximate surface area is 128 Å². The molecule has 1 aromatic heterocycles. The van der Waals surface area contributed by atoms with E-state index in [4.69, 9.17) is 11.6 Å². The minimum atomic E-state index is -0.897. The summed E-state index contributed by atoms with van der Waals surface area (Å²) in [5, 5.41) is 9.98. The van der Waals surface area contributed by atoms with Crippen molar-refractivity contribution in [1.29, 1.82) is 0 Å². The Bertz CT molecular complexity index is 680. The van der Waals surface area contributed by atoms with Gasteiger partial charge in [-0.25, -0.2) is 4.79 Å². The van der Waals surface area contributed by atoms with Crippen molar-refractivity contribution in [3.8, 4) is 0 Å². The summed E-state index contributed by atoms with van der Waals surface area (Å²) in [5.41, 5.74) is 3.71. The lowest BCUT2D eigenvalue weighted by Crippen LogP contribution is -2.05. The first-order valence-electron chi connectivity index (χ1n) is 7.09. The summed E-state index contributed by atoms with van der Waals surface area (Å²) >= 11 is 6.08. The number of nitrogens with zero attached hydrogens (tertiary/aromatic N) is 1. The second-order valence-electron chi connectivity index (χ2n) is 5.46. The number of carbonyl (C=O) groups is 1. The van der Waals surface area contributed by atoms with Crippen LogP contribution in [0.3, 0.4) is 0 Å². The van der Waals surface area contributed by atoms with Gasteiger partial charge >= 0.3 is 5.97 Å². The zero-order valence-electron chi connectivity index (χ0n) is 11.6. The molecule has 0 unspecified atom stereocenters. The number of halogens is 1. The molecule has 1 saturated carbocycles. The monoisotopic (exact) mass is 301 g/mol. The Kier molecular flexibility index (Phi) is 3.93. The van der Waals surface area contributed by atoms with E-state index < -0.39 is 5.97 Å². The molecule has 0 amide bonds. The summed E-state index contributed by atoms with van der Waals surface area (Å²) in [7, 11) is 0. The maximum absolute atomic E-state index is 11.2. The van der Waals surface area contributed by atoms with E-state index in [0.717, 1.165) is 17.0 Å². The first-order valence-corrected chi connectivity index (χ1v) is 7.47. The van der Waals surface area contributed by atoms with Crippen LogP contribution in [0.2, 0.25) is 5.02 Å². The molecule has 1 aliphatic rings. The number of aromatic nitrogens is 1. The SMILES string of the molecule is O=C(O)c1ccncc1CCc1ccc(Cl)cc1C1CC1. The van der Waals surface area contributed by atoms with Crippen LogP contribution in [-0.2, 0) is 12.8 Å². The molecule has 21 heavy (non-hydrogen) atoms. The number of benzene rings is 1. The highest BCUT2D eigenvalue weighted by Gasteiger charge is 2.26. The fourth-order valence-electron chi connectivity index (χ4n) is 2.67. The Morgan fingerprint density at radius 1 is 1.24 bits per heavy atom. The van der Waals surface area contributed by atoms with E-state index in [1.165, 1.54) is 30.2 Å². The van der Waals surface area contributed by atoms with Crippen LogP contribution in [0.15, 0.2) is 36.7 Å². The van der Waals surface area contributed by atoms with Crippen molar-refractivity contribution in [2.45, 2.75) is 31.6 Å². The second kappa shape index (κ2) is 5.86. The molecule has 1 fully saturated rings. The summed E-state index contributed by atoms with van der Waals surface area (Å²) in [6.07, 6.45) is 7.11. The molecule has 1 aliphatic carbocycles. The number of carboxylic acid groups (broad SMARTS) is 1. The van der Waals surface area contributed by atoms with Gasteiger partial charge in [-0.2, -0.15) is 0 Å². The standard InChI is InChI=1S/C17H16ClNO2/c18-14-6-5-12(16(9-14)11-1-2-11)3-4-13-10-19-8-7-15(13)17(20)21/h5-11H,1-4H2,(H,20,21). The van der Waals surface area contributed by atoms with E-state index in [2.05, 4.69) is 17.1 Å². The molecule has 0 spiro atoms. The zero-order chi connectivity index (χ0) is 14.8. The molecular formula is C17H16ClNO2. The highest BCUT2D eigenvalue weighted by Crippen LogP contribution is 2.42. The molecule has 0 bridgehead atoms. The second-order valence-corrected chi connectivity index (χ2v) is 5.89. The van der Waals surface area contributed by atoms with Crippen LogP contribution < -0.4 is 0 Å². The smallest absolute Gasteiger partial charge is 0.336 e. The molecule has 0 aliphatic heterocycles. The molecule has 3 rings (SSSR count). The average molecular weight is 302 g/mol. The van der Waals surface area contributed by atoms with Gasteiger partial charge in [0.1, 0.15) is 0 Å². The van der Waals surface area contributed by atoms with Gasteiger partial charge in [0, 0.05) is 17.4 Å². The highest BCUT2D eigenvalue weighted by atomic mass is 35.5. The van der Waals surface area contributed by atoms with E-state index in [1.807, 2.05) is 6.07 Å². The van der Waals surface area contributed by atoms with E-state index in [1.54, 1.807) is 12.3 Å². The number of hydrogen-bond donors (Lipinski definition) is 1. The largest absolute Gasteiger partial charge is 0.478 e. The number of pyridine rings is 1. The van der Waals surface area contributed by atoms with Gasteiger partial charge in [0.05, 0.1) is 5.56 Å². The predicted molar refractivity (Wildman–Crippen MR) is 82.0 cm³/mol. The Morgan fingerprint density at radius 2 is 2.00 bits per heavy atom. The Morgan fingerprint density at radius 3 is 2.71 bits per heavy atom. The van der Waals surface area contributed by atoms with Crippen LogP contribution in [0, 0.1) is 0 Å². The Balaban J connectivity index is 1.81. The lowest BCUT2D eigenvalue weighted by Gasteiger charge is -2.10. The summed E-state index contributed by atoms with van der Waals surface area (Å²) < 4.78 is 0. The van der Waals surface area contributed by atoms with Crippen LogP contribution in [-0.4, -0.2) is 16.1 Å². The van der Waals surface area contributed by atoms with E-state index >= 15 is 0 Å². The van der Waals surface area contributed by atoms with Crippen LogP contribution >= 0.6 is 11.6 Å². The van der Waals surface area contributed by atoms with Crippen molar-refractivity contribution in [2.75, 3.05) is 0 Å². The normalized spacial score (nSPS) is 14.1. The third-order valence-corrected chi connectivity index (χ3v) is 4.16. The topological polar surface area (TPSA) is 50.2 Å². The van der Waals surface area contributed by atoms with Crippen molar-refractivity contribution >= 4 is 17.6 Å². The molecular weight excluding hydrogens is 286 g/mol. The summed E-state index contributed by atoms with van der Waals surface area (Å²) in [5.74, 6) is -0.266. The number of aryl methyl sites for hydroxylation is 2. The maximum atomic E-state index is 11.2. The fraction of sp³-hybridized carbons (Fsp3) is 0.294. The van der Waals surface area contributed by atoms with Crippen molar-refractivity contribution in [3.63, 3.8) is 0 Å². The van der Waals surface area contributed by atoms with E-state index in [-0.39, 0.29) is 0 Å². The molecule has 0 radical (unpaired) electrons. The number of rotatable bonds is 5. The highest BCUT2D eigenvalue weighted by molar-refractivity contribution is 6.30. The van der Waals surface area contributed by atoms with Gasteiger partial charge < -0.3 is 5.11 Å². The van der Waals surface area contributed by atoms with Gasteiger partial charge in [-0.1, -0.05) is 17.7 Å². The van der Waals surface area contributed by atoms with E-state index in [0.29, 0.717) is 17.9 Å². The van der Waals surface area contributed by atoms with Crippen molar-refractivity contribution in [3.05, 3.63) is 63.9 Å². The van der Waals surface area contributed by atoms with Gasteiger partial charge in [0.15, 0.2) is 0 Å². The van der Waals surface area contributed by atoms with E-state index in [9.17, 15) is 9.90 Å². The van der Waals surface area contributed by atoms with Crippen LogP contribution in [0.25, 0.3) is 0 Å². The van der Waals surface area contributed by atoms with Crippen molar-refractivity contribution < 1.29 is 9.90 Å². The third-order valence-electron chi connectivity index (χ3n) is 3.92. The summed E-state index contributed by atoms with van der Waals surface area (Å²) in [4.78, 5) is 15.3. The zero-order valence-corrected chi connectivity index (χ0v) is 12.3. The minimum Gasteiger partial charge on any atom is -0.478 e. The van der Waals surface area contributed by atoms with Gasteiger partial charge in [-0.05, 0) is 66.5 Å². The van der Waals surface area contributed by atoms with Gasteiger partial charge in [-0.3, -0.25) is 4.98 Å². The van der Waals surface area contributed by atoms with Crippen molar-refractivity contribution in [1.82, 2.24) is 4.98 Å².